The summed E-state index contributed by atoms with van der Waals surface area (Å²) in [6, 6.07) is 3.92. The van der Waals surface area contributed by atoms with Gasteiger partial charge in [0, 0.05) is 76.4 Å². The van der Waals surface area contributed by atoms with Gasteiger partial charge in [-0.3, -0.25) is 4.79 Å². The van der Waals surface area contributed by atoms with Gasteiger partial charge in [-0.2, -0.15) is 17.0 Å². The molecule has 0 saturated carbocycles. The SMILES string of the molecule is CC(C)N(C(=O)c1cc(F)ccc1Oc1cncnc1N1CC2(CCN(CC3CCN(S(=O)(=O)N4CCNCC4)CC3)CC2)C1)C(C)C. The molecule has 0 radical (unpaired) electrons. The van der Waals surface area contributed by atoms with Gasteiger partial charge >= 0.3 is 0 Å². The van der Waals surface area contributed by atoms with Crippen LogP contribution in [0.5, 0.6) is 11.5 Å². The minimum absolute atomic E-state index is 0.0628. The first kappa shape index (κ1) is 34.9. The predicted molar refractivity (Wildman–Crippen MR) is 183 cm³/mol. The second kappa shape index (κ2) is 14.5. The molecule has 12 nitrogen and oxygen atoms in total. The van der Waals surface area contributed by atoms with E-state index in [0.29, 0.717) is 56.8 Å². The number of ether oxygens (including phenoxy) is 1. The number of halogens is 1. The molecule has 0 atom stereocenters. The molecule has 6 rings (SSSR count). The Kier molecular flexibility index (Phi) is 10.6. The molecule has 48 heavy (non-hydrogen) atoms. The van der Waals surface area contributed by atoms with Crippen molar-refractivity contribution in [3.63, 3.8) is 0 Å². The van der Waals surface area contributed by atoms with Gasteiger partial charge < -0.3 is 24.8 Å². The number of aromatic nitrogens is 2. The van der Waals surface area contributed by atoms with E-state index in [-0.39, 0.29) is 34.7 Å². The van der Waals surface area contributed by atoms with Crippen molar-refractivity contribution >= 4 is 21.9 Å². The smallest absolute Gasteiger partial charge is 0.282 e. The highest BCUT2D eigenvalue weighted by Gasteiger charge is 2.46. The van der Waals surface area contributed by atoms with Gasteiger partial charge in [0.15, 0.2) is 11.6 Å². The van der Waals surface area contributed by atoms with Crippen LogP contribution in [0.15, 0.2) is 30.7 Å². The van der Waals surface area contributed by atoms with Crippen LogP contribution in [0, 0.1) is 17.2 Å². The summed E-state index contributed by atoms with van der Waals surface area (Å²) in [7, 11) is -3.36. The molecule has 264 valence electrons. The van der Waals surface area contributed by atoms with Gasteiger partial charge in [-0.15, -0.1) is 0 Å². The minimum Gasteiger partial charge on any atom is -0.451 e. The predicted octanol–water partition coefficient (Wildman–Crippen LogP) is 3.43. The van der Waals surface area contributed by atoms with Gasteiger partial charge in [-0.1, -0.05) is 0 Å². The first-order chi connectivity index (χ1) is 23.0. The average molecular weight is 687 g/mol. The average Bonchev–Trinajstić information content (AvgIpc) is 3.05. The Morgan fingerprint density at radius 3 is 2.29 bits per heavy atom. The molecule has 4 saturated heterocycles. The summed E-state index contributed by atoms with van der Waals surface area (Å²) < 4.78 is 50.1. The van der Waals surface area contributed by atoms with Crippen molar-refractivity contribution in [1.29, 1.82) is 0 Å². The topological polar surface area (TPSA) is 114 Å². The lowest BCUT2D eigenvalue weighted by molar-refractivity contribution is 0.0607. The summed E-state index contributed by atoms with van der Waals surface area (Å²) in [5.41, 5.74) is 0.386. The third-order valence-electron chi connectivity index (χ3n) is 10.5. The summed E-state index contributed by atoms with van der Waals surface area (Å²) in [5.74, 6) is 1.13. The monoisotopic (exact) mass is 686 g/mol. The highest BCUT2D eigenvalue weighted by Crippen LogP contribution is 2.45. The number of hydrogen-bond donors (Lipinski definition) is 1. The van der Waals surface area contributed by atoms with Gasteiger partial charge in [0.1, 0.15) is 17.9 Å². The standard InChI is InChI=1S/C34H51FN8O4S/c1-25(2)43(26(3)4)33(44)29-19-28(35)5-6-30(29)47-31-20-37-24-38-32(31)40-22-34(23-40)9-15-39(16-10-34)21-27-7-13-41(14-8-27)48(45,46)42-17-11-36-12-18-42/h5-6,19-20,24-27,36H,7-18,21-23H2,1-4H3. The molecule has 5 heterocycles. The van der Waals surface area contributed by atoms with E-state index >= 15 is 0 Å². The van der Waals surface area contributed by atoms with Crippen molar-refractivity contribution in [2.24, 2.45) is 11.3 Å². The molecule has 4 fully saturated rings. The lowest BCUT2D eigenvalue weighted by atomic mass is 9.72. The third kappa shape index (κ3) is 7.47. The Labute approximate surface area is 284 Å². The van der Waals surface area contributed by atoms with E-state index in [0.717, 1.165) is 58.4 Å². The minimum atomic E-state index is -3.36. The number of hydrogen-bond acceptors (Lipinski definition) is 9. The van der Waals surface area contributed by atoms with Crippen LogP contribution in [0.2, 0.25) is 0 Å². The molecule has 14 heteroatoms. The van der Waals surface area contributed by atoms with Crippen molar-refractivity contribution in [2.45, 2.75) is 65.5 Å². The number of carbonyl (C=O) groups is 1. The van der Waals surface area contributed by atoms with E-state index in [1.165, 1.54) is 24.5 Å². The van der Waals surface area contributed by atoms with Gasteiger partial charge in [-0.05, 0) is 90.6 Å². The van der Waals surface area contributed by atoms with E-state index in [4.69, 9.17) is 4.74 Å². The molecule has 1 N–H and O–H groups in total. The zero-order chi connectivity index (χ0) is 34.1. The van der Waals surface area contributed by atoms with E-state index < -0.39 is 16.0 Å². The van der Waals surface area contributed by atoms with Crippen LogP contribution >= 0.6 is 0 Å². The van der Waals surface area contributed by atoms with Crippen molar-refractivity contribution in [1.82, 2.24) is 33.7 Å². The molecule has 4 aliphatic rings. The lowest BCUT2D eigenvalue weighted by Crippen LogP contribution is -2.61. The van der Waals surface area contributed by atoms with Crippen LogP contribution in [0.3, 0.4) is 0 Å². The second-order valence-corrected chi connectivity index (χ2v) is 16.4. The Morgan fingerprint density at radius 2 is 1.65 bits per heavy atom. The molecule has 0 bridgehead atoms. The Balaban J connectivity index is 1.02. The fourth-order valence-electron chi connectivity index (χ4n) is 7.87. The second-order valence-electron chi connectivity index (χ2n) is 14.5. The number of nitrogens with one attached hydrogen (secondary N) is 1. The summed E-state index contributed by atoms with van der Waals surface area (Å²) in [6.45, 7) is 16.3. The Hall–Kier alpha value is -2.91. The molecule has 1 aromatic heterocycles. The number of carbonyl (C=O) groups excluding carboxylic acids is 1. The normalized spacial score (nSPS) is 21.5. The number of amides is 1. The maximum absolute atomic E-state index is 14.4. The van der Waals surface area contributed by atoms with E-state index in [2.05, 4.69) is 25.1 Å². The summed E-state index contributed by atoms with van der Waals surface area (Å²) >= 11 is 0. The zero-order valence-corrected chi connectivity index (χ0v) is 29.6. The maximum atomic E-state index is 14.4. The third-order valence-corrected chi connectivity index (χ3v) is 12.5. The molecule has 1 spiro atoms. The Morgan fingerprint density at radius 1 is 1.00 bits per heavy atom. The number of anilines is 1. The fraction of sp³-hybridized carbons (Fsp3) is 0.676. The largest absolute Gasteiger partial charge is 0.451 e. The number of piperazine rings is 1. The van der Waals surface area contributed by atoms with Crippen LogP contribution < -0.4 is 15.0 Å². The number of benzene rings is 1. The van der Waals surface area contributed by atoms with Crippen LogP contribution in [0.25, 0.3) is 0 Å². The number of nitrogens with zero attached hydrogens (tertiary/aromatic N) is 7. The highest BCUT2D eigenvalue weighted by atomic mass is 32.2. The maximum Gasteiger partial charge on any atom is 0.282 e. The van der Waals surface area contributed by atoms with Crippen LogP contribution in [0.4, 0.5) is 10.2 Å². The zero-order valence-electron chi connectivity index (χ0n) is 28.8. The summed E-state index contributed by atoms with van der Waals surface area (Å²) in [5, 5.41) is 3.23. The summed E-state index contributed by atoms with van der Waals surface area (Å²) in [6.07, 6.45) is 7.12. The van der Waals surface area contributed by atoms with Crippen molar-refractivity contribution in [2.75, 3.05) is 76.9 Å². The molecular formula is C34H51FN8O4S. The molecule has 1 amide bonds. The molecule has 0 unspecified atom stereocenters. The first-order valence-electron chi connectivity index (χ1n) is 17.5. The quantitative estimate of drug-likeness (QED) is 0.402. The van der Waals surface area contributed by atoms with Gasteiger partial charge in [-0.25, -0.2) is 14.4 Å². The highest BCUT2D eigenvalue weighted by molar-refractivity contribution is 7.86. The van der Waals surface area contributed by atoms with E-state index in [1.807, 2.05) is 27.7 Å². The molecule has 4 aliphatic heterocycles. The first-order valence-corrected chi connectivity index (χ1v) is 18.9. The van der Waals surface area contributed by atoms with Crippen LogP contribution in [0.1, 0.15) is 63.7 Å². The summed E-state index contributed by atoms with van der Waals surface area (Å²) in [4.78, 5) is 28.8. The van der Waals surface area contributed by atoms with Crippen molar-refractivity contribution in [3.05, 3.63) is 42.1 Å². The molecule has 0 aliphatic carbocycles. The van der Waals surface area contributed by atoms with E-state index in [1.54, 1.807) is 19.7 Å². The Bertz CT molecular complexity index is 1520. The number of piperidine rings is 2. The molecular weight excluding hydrogens is 635 g/mol. The van der Waals surface area contributed by atoms with Crippen molar-refractivity contribution in [3.8, 4) is 11.5 Å². The fourth-order valence-corrected chi connectivity index (χ4v) is 9.51. The van der Waals surface area contributed by atoms with Gasteiger partial charge in [0.05, 0.1) is 11.8 Å². The van der Waals surface area contributed by atoms with E-state index in [9.17, 15) is 17.6 Å². The van der Waals surface area contributed by atoms with Crippen molar-refractivity contribution < 1.29 is 22.3 Å². The number of rotatable bonds is 10. The molecule has 2 aromatic rings. The van der Waals surface area contributed by atoms with Crippen LogP contribution in [-0.2, 0) is 10.2 Å². The van der Waals surface area contributed by atoms with Gasteiger partial charge in [0.2, 0.25) is 0 Å². The molecule has 1 aromatic carbocycles. The lowest BCUT2D eigenvalue weighted by Gasteiger charge is -2.54. The van der Waals surface area contributed by atoms with Gasteiger partial charge in [0.25, 0.3) is 16.1 Å². The van der Waals surface area contributed by atoms with Crippen LogP contribution in [-0.4, -0.2) is 127 Å². The number of likely N-dealkylation sites (tertiary alicyclic amines) is 1.